The van der Waals surface area contributed by atoms with Gasteiger partial charge in [-0.25, -0.2) is 4.98 Å². The van der Waals surface area contributed by atoms with Gasteiger partial charge in [-0.05, 0) is 43.0 Å². The van der Waals surface area contributed by atoms with Crippen LogP contribution in [0.4, 0.5) is 0 Å². The van der Waals surface area contributed by atoms with Crippen molar-refractivity contribution in [2.45, 2.75) is 25.3 Å². The van der Waals surface area contributed by atoms with Crippen LogP contribution >= 0.6 is 11.3 Å². The lowest BCUT2D eigenvalue weighted by molar-refractivity contribution is 0.0932. The Balaban J connectivity index is 1.62. The smallest absolute Gasteiger partial charge is 0.253 e. The monoisotopic (exact) mass is 356 g/mol. The molecule has 1 saturated heterocycles. The lowest BCUT2D eigenvalue weighted by Crippen LogP contribution is -2.45. The summed E-state index contributed by atoms with van der Waals surface area (Å²) in [7, 11) is 0. The van der Waals surface area contributed by atoms with Gasteiger partial charge in [0.15, 0.2) is 0 Å². The summed E-state index contributed by atoms with van der Waals surface area (Å²) in [4.78, 5) is 21.6. The van der Waals surface area contributed by atoms with Gasteiger partial charge < -0.3 is 20.7 Å². The fraction of sp³-hybridized carbons (Fsp3) is 0.333. The third kappa shape index (κ3) is 3.38. The molecule has 1 amide bonds. The number of thiophene rings is 1. The molecule has 0 spiro atoms. The molecule has 1 atom stereocenters. The number of piperidine rings is 1. The van der Waals surface area contributed by atoms with E-state index in [2.05, 4.69) is 20.6 Å². The number of fused-ring (bicyclic) bond motifs is 1. The van der Waals surface area contributed by atoms with Crippen LogP contribution in [0, 0.1) is 0 Å². The molecule has 1 aliphatic heterocycles. The van der Waals surface area contributed by atoms with E-state index in [9.17, 15) is 9.90 Å². The van der Waals surface area contributed by atoms with E-state index in [-0.39, 0.29) is 17.7 Å². The van der Waals surface area contributed by atoms with Crippen molar-refractivity contribution in [3.63, 3.8) is 0 Å². The fourth-order valence-electron chi connectivity index (χ4n) is 3.21. The maximum atomic E-state index is 12.7. The zero-order valence-corrected chi connectivity index (χ0v) is 14.5. The third-order valence-corrected chi connectivity index (χ3v) is 5.35. The van der Waals surface area contributed by atoms with Gasteiger partial charge in [0.2, 0.25) is 0 Å². The molecule has 6 nitrogen and oxygen atoms in total. The lowest BCUT2D eigenvalue weighted by atomic mass is 10.1. The highest BCUT2D eigenvalue weighted by atomic mass is 32.1. The van der Waals surface area contributed by atoms with Gasteiger partial charge in [0.25, 0.3) is 5.91 Å². The SMILES string of the molecule is O=C(NC1CCCNC1)c1ccc(O)c2[nH]c(Cc3cccs3)nc12. The molecule has 3 aromatic rings. The molecular weight excluding hydrogens is 336 g/mol. The largest absolute Gasteiger partial charge is 0.506 e. The summed E-state index contributed by atoms with van der Waals surface area (Å²) in [6.07, 6.45) is 2.69. The van der Waals surface area contributed by atoms with Crippen molar-refractivity contribution >= 4 is 28.3 Å². The number of aromatic amines is 1. The summed E-state index contributed by atoms with van der Waals surface area (Å²) in [5.41, 5.74) is 1.53. The quantitative estimate of drug-likeness (QED) is 0.578. The minimum absolute atomic E-state index is 0.107. The van der Waals surface area contributed by atoms with E-state index < -0.39 is 0 Å². The number of amides is 1. The molecule has 1 unspecified atom stereocenters. The molecule has 7 heteroatoms. The number of phenolic OH excluding ortho intramolecular Hbond substituents is 1. The minimum atomic E-state index is -0.145. The van der Waals surface area contributed by atoms with Crippen LogP contribution < -0.4 is 10.6 Å². The van der Waals surface area contributed by atoms with Crippen molar-refractivity contribution in [2.24, 2.45) is 0 Å². The van der Waals surface area contributed by atoms with E-state index >= 15 is 0 Å². The molecule has 0 saturated carbocycles. The minimum Gasteiger partial charge on any atom is -0.506 e. The summed E-state index contributed by atoms with van der Waals surface area (Å²) in [6.45, 7) is 1.79. The molecule has 130 valence electrons. The van der Waals surface area contributed by atoms with Crippen molar-refractivity contribution in [1.29, 1.82) is 0 Å². The lowest BCUT2D eigenvalue weighted by Gasteiger charge is -2.23. The van der Waals surface area contributed by atoms with Crippen LogP contribution in [-0.4, -0.2) is 40.1 Å². The molecule has 0 radical (unpaired) electrons. The first-order valence-corrected chi connectivity index (χ1v) is 9.33. The Morgan fingerprint density at radius 2 is 2.32 bits per heavy atom. The molecule has 25 heavy (non-hydrogen) atoms. The number of aromatic nitrogens is 2. The van der Waals surface area contributed by atoms with Crippen LogP contribution in [-0.2, 0) is 6.42 Å². The number of phenols is 1. The Hall–Kier alpha value is -2.38. The maximum Gasteiger partial charge on any atom is 0.253 e. The molecule has 2 aromatic heterocycles. The molecule has 4 rings (SSSR count). The number of rotatable bonds is 4. The zero-order chi connectivity index (χ0) is 17.2. The zero-order valence-electron chi connectivity index (χ0n) is 13.7. The van der Waals surface area contributed by atoms with Crippen LogP contribution in [0.3, 0.4) is 0 Å². The topological polar surface area (TPSA) is 90.0 Å². The number of imidazole rings is 1. The Morgan fingerprint density at radius 1 is 1.40 bits per heavy atom. The van der Waals surface area contributed by atoms with Gasteiger partial charge in [-0.15, -0.1) is 11.3 Å². The summed E-state index contributed by atoms with van der Waals surface area (Å²) in [6, 6.07) is 7.36. The van der Waals surface area contributed by atoms with E-state index in [1.807, 2.05) is 17.5 Å². The first-order valence-electron chi connectivity index (χ1n) is 8.45. The third-order valence-electron chi connectivity index (χ3n) is 4.47. The average Bonchev–Trinajstić information content (AvgIpc) is 3.26. The normalized spacial score (nSPS) is 17.7. The second-order valence-electron chi connectivity index (χ2n) is 6.31. The van der Waals surface area contributed by atoms with Crippen molar-refractivity contribution in [3.05, 3.63) is 45.9 Å². The van der Waals surface area contributed by atoms with E-state index in [0.29, 0.717) is 23.0 Å². The van der Waals surface area contributed by atoms with E-state index in [0.717, 1.165) is 31.8 Å². The Morgan fingerprint density at radius 3 is 3.08 bits per heavy atom. The number of aromatic hydroxyl groups is 1. The predicted octanol–water partition coefficient (Wildman–Crippen LogP) is 2.40. The number of hydrogen-bond acceptors (Lipinski definition) is 5. The van der Waals surface area contributed by atoms with E-state index in [1.54, 1.807) is 23.5 Å². The fourth-order valence-corrected chi connectivity index (χ4v) is 3.92. The second kappa shape index (κ2) is 6.85. The molecular formula is C18H20N4O2S. The second-order valence-corrected chi connectivity index (χ2v) is 7.34. The van der Waals surface area contributed by atoms with Crippen LogP contribution in [0.1, 0.15) is 33.9 Å². The van der Waals surface area contributed by atoms with Gasteiger partial charge in [-0.2, -0.15) is 0 Å². The van der Waals surface area contributed by atoms with E-state index in [4.69, 9.17) is 0 Å². The van der Waals surface area contributed by atoms with Gasteiger partial charge in [0.1, 0.15) is 22.6 Å². The number of nitrogens with one attached hydrogen (secondary N) is 3. The predicted molar refractivity (Wildman–Crippen MR) is 98.2 cm³/mol. The van der Waals surface area contributed by atoms with Crippen LogP contribution in [0.5, 0.6) is 5.75 Å². The molecule has 1 aromatic carbocycles. The summed E-state index contributed by atoms with van der Waals surface area (Å²) >= 11 is 1.66. The highest BCUT2D eigenvalue weighted by Gasteiger charge is 2.20. The van der Waals surface area contributed by atoms with Gasteiger partial charge in [-0.1, -0.05) is 6.07 Å². The molecule has 3 heterocycles. The van der Waals surface area contributed by atoms with Gasteiger partial charge in [0.05, 0.1) is 5.56 Å². The summed E-state index contributed by atoms with van der Waals surface area (Å²) in [5, 5.41) is 18.5. The number of carbonyl (C=O) groups is 1. The van der Waals surface area contributed by atoms with Crippen molar-refractivity contribution in [1.82, 2.24) is 20.6 Å². The Kier molecular flexibility index (Phi) is 4.42. The van der Waals surface area contributed by atoms with Gasteiger partial charge >= 0.3 is 0 Å². The standard InChI is InChI=1S/C18H20N4O2S/c23-14-6-5-13(18(24)20-11-3-1-7-19-10-11)16-17(14)22-15(21-16)9-12-4-2-8-25-12/h2,4-6,8,11,19,23H,1,3,7,9-10H2,(H,20,24)(H,21,22). The molecule has 0 aliphatic carbocycles. The molecule has 1 fully saturated rings. The van der Waals surface area contributed by atoms with Gasteiger partial charge in [-0.3, -0.25) is 4.79 Å². The average molecular weight is 356 g/mol. The van der Waals surface area contributed by atoms with Crippen molar-refractivity contribution in [3.8, 4) is 5.75 Å². The number of nitrogens with zero attached hydrogens (tertiary/aromatic N) is 1. The summed E-state index contributed by atoms with van der Waals surface area (Å²) < 4.78 is 0. The molecule has 0 bridgehead atoms. The Bertz CT molecular complexity index is 882. The molecule has 1 aliphatic rings. The molecule has 4 N–H and O–H groups in total. The Labute approximate surface area is 149 Å². The first kappa shape index (κ1) is 16.1. The first-order chi connectivity index (χ1) is 12.2. The van der Waals surface area contributed by atoms with Crippen LogP contribution in [0.2, 0.25) is 0 Å². The van der Waals surface area contributed by atoms with Crippen LogP contribution in [0.15, 0.2) is 29.6 Å². The highest BCUT2D eigenvalue weighted by molar-refractivity contribution is 7.09. The number of H-pyrrole nitrogens is 1. The number of benzene rings is 1. The maximum absolute atomic E-state index is 12.7. The van der Waals surface area contributed by atoms with Crippen molar-refractivity contribution < 1.29 is 9.90 Å². The number of hydrogen-bond donors (Lipinski definition) is 4. The highest BCUT2D eigenvalue weighted by Crippen LogP contribution is 2.27. The van der Waals surface area contributed by atoms with Gasteiger partial charge in [0, 0.05) is 23.9 Å². The van der Waals surface area contributed by atoms with Crippen molar-refractivity contribution in [2.75, 3.05) is 13.1 Å². The summed E-state index contributed by atoms with van der Waals surface area (Å²) in [5.74, 6) is 0.705. The number of carbonyl (C=O) groups excluding carboxylic acids is 1. The van der Waals surface area contributed by atoms with Crippen LogP contribution in [0.25, 0.3) is 11.0 Å². The van der Waals surface area contributed by atoms with E-state index in [1.165, 1.54) is 4.88 Å².